The summed E-state index contributed by atoms with van der Waals surface area (Å²) in [5, 5.41) is 14.2. The van der Waals surface area contributed by atoms with Crippen molar-refractivity contribution in [2.75, 3.05) is 19.7 Å². The van der Waals surface area contributed by atoms with Crippen LogP contribution in [-0.2, 0) is 4.79 Å². The number of aliphatic hydroxyl groups excluding tert-OH is 1. The number of carbonyl (C=O) groups is 2. The Hall–Kier alpha value is -1.14. The highest BCUT2D eigenvalue weighted by Gasteiger charge is 2.24. The van der Waals surface area contributed by atoms with Gasteiger partial charge in [-0.3, -0.25) is 10.1 Å². The molecule has 98 valence electrons. The number of imide groups is 1. The molecule has 0 bridgehead atoms. The van der Waals surface area contributed by atoms with E-state index in [1.165, 1.54) is 12.8 Å². The monoisotopic (exact) mass is 243 g/mol. The van der Waals surface area contributed by atoms with Crippen molar-refractivity contribution in [3.63, 3.8) is 0 Å². The molecule has 2 unspecified atom stereocenters. The molecular weight excluding hydrogens is 222 g/mol. The maximum Gasteiger partial charge on any atom is 0.318 e. The van der Waals surface area contributed by atoms with Gasteiger partial charge in [-0.05, 0) is 31.2 Å². The fourth-order valence-corrected chi connectivity index (χ4v) is 2.35. The average Bonchev–Trinajstić information content (AvgIpc) is 2.28. The number of aliphatic hydroxyl groups is 1. The molecule has 0 aromatic carbocycles. The second-order valence-electron chi connectivity index (χ2n) is 4.53. The first-order valence-corrected chi connectivity index (χ1v) is 6.04. The van der Waals surface area contributed by atoms with Gasteiger partial charge in [0.15, 0.2) is 0 Å². The first-order chi connectivity index (χ1) is 8.13. The van der Waals surface area contributed by atoms with E-state index >= 15 is 0 Å². The van der Waals surface area contributed by atoms with Crippen LogP contribution in [0.15, 0.2) is 0 Å². The van der Waals surface area contributed by atoms with E-state index in [1.807, 2.05) is 5.32 Å². The number of amides is 3. The number of nitrogens with two attached hydrogens (primary N) is 1. The van der Waals surface area contributed by atoms with Gasteiger partial charge in [-0.15, -0.1) is 0 Å². The molecule has 0 spiro atoms. The van der Waals surface area contributed by atoms with Crippen LogP contribution in [0.3, 0.4) is 0 Å². The summed E-state index contributed by atoms with van der Waals surface area (Å²) in [5.41, 5.74) is 4.82. The van der Waals surface area contributed by atoms with E-state index in [2.05, 4.69) is 5.32 Å². The third kappa shape index (κ3) is 5.14. The van der Waals surface area contributed by atoms with Gasteiger partial charge in [0, 0.05) is 6.61 Å². The lowest BCUT2D eigenvalue weighted by atomic mass is 9.79. The maximum absolute atomic E-state index is 11.1. The predicted molar refractivity (Wildman–Crippen MR) is 63.1 cm³/mol. The molecule has 0 aromatic rings. The standard InChI is InChI=1S/C11H21N3O3/c12-11(17)14-10(16)6-13-5-8-3-1-2-4-9(8)7-15/h8-9,13,15H,1-7H2,(H3,12,14,16,17). The molecule has 1 rings (SSSR count). The second kappa shape index (κ2) is 7.24. The van der Waals surface area contributed by atoms with Crippen molar-refractivity contribution in [2.45, 2.75) is 25.7 Å². The highest BCUT2D eigenvalue weighted by Crippen LogP contribution is 2.28. The number of hydrogen-bond acceptors (Lipinski definition) is 4. The Kier molecular flexibility index (Phi) is 5.93. The fraction of sp³-hybridized carbons (Fsp3) is 0.818. The van der Waals surface area contributed by atoms with E-state index in [-0.39, 0.29) is 13.2 Å². The Morgan fingerprint density at radius 1 is 1.24 bits per heavy atom. The van der Waals surface area contributed by atoms with Crippen LogP contribution in [-0.4, -0.2) is 36.7 Å². The van der Waals surface area contributed by atoms with Gasteiger partial charge in [0.2, 0.25) is 5.91 Å². The Bertz CT molecular complexity index is 271. The smallest absolute Gasteiger partial charge is 0.318 e. The minimum atomic E-state index is -0.831. The van der Waals surface area contributed by atoms with E-state index in [1.54, 1.807) is 0 Å². The van der Waals surface area contributed by atoms with Crippen molar-refractivity contribution in [3.05, 3.63) is 0 Å². The third-order valence-electron chi connectivity index (χ3n) is 3.26. The summed E-state index contributed by atoms with van der Waals surface area (Å²) in [7, 11) is 0. The molecule has 17 heavy (non-hydrogen) atoms. The van der Waals surface area contributed by atoms with Gasteiger partial charge in [0.1, 0.15) is 0 Å². The van der Waals surface area contributed by atoms with Gasteiger partial charge < -0.3 is 16.2 Å². The molecule has 1 saturated carbocycles. The van der Waals surface area contributed by atoms with Crippen molar-refractivity contribution in [2.24, 2.45) is 17.6 Å². The number of carbonyl (C=O) groups excluding carboxylic acids is 2. The van der Waals surface area contributed by atoms with Gasteiger partial charge in [-0.1, -0.05) is 12.8 Å². The molecule has 0 heterocycles. The summed E-state index contributed by atoms with van der Waals surface area (Å²) in [5.74, 6) is 0.319. The van der Waals surface area contributed by atoms with Gasteiger partial charge in [0.25, 0.3) is 0 Å². The number of hydrogen-bond donors (Lipinski definition) is 4. The van der Waals surface area contributed by atoms with Gasteiger partial charge in [-0.25, -0.2) is 4.79 Å². The van der Waals surface area contributed by atoms with Crippen LogP contribution in [0.25, 0.3) is 0 Å². The highest BCUT2D eigenvalue weighted by molar-refractivity contribution is 5.94. The maximum atomic E-state index is 11.1. The van der Waals surface area contributed by atoms with Crippen molar-refractivity contribution < 1.29 is 14.7 Å². The molecular formula is C11H21N3O3. The zero-order valence-electron chi connectivity index (χ0n) is 9.95. The normalized spacial score (nSPS) is 24.3. The van der Waals surface area contributed by atoms with Crippen molar-refractivity contribution in [1.29, 1.82) is 0 Å². The lowest BCUT2D eigenvalue weighted by Crippen LogP contribution is -2.42. The summed E-state index contributed by atoms with van der Waals surface area (Å²) in [4.78, 5) is 21.5. The van der Waals surface area contributed by atoms with Crippen LogP contribution in [0.2, 0.25) is 0 Å². The van der Waals surface area contributed by atoms with E-state index in [4.69, 9.17) is 5.73 Å². The molecule has 2 atom stereocenters. The molecule has 1 aliphatic rings. The fourth-order valence-electron chi connectivity index (χ4n) is 2.35. The Labute approximate surface area is 101 Å². The quantitative estimate of drug-likeness (QED) is 0.526. The predicted octanol–water partition coefficient (Wildman–Crippen LogP) is -0.430. The molecule has 6 heteroatoms. The lowest BCUT2D eigenvalue weighted by molar-refractivity contribution is -0.119. The summed E-state index contributed by atoms with van der Waals surface area (Å²) in [6.07, 6.45) is 4.48. The second-order valence-corrected chi connectivity index (χ2v) is 4.53. The van der Waals surface area contributed by atoms with Crippen LogP contribution in [0.4, 0.5) is 4.79 Å². The number of urea groups is 1. The Morgan fingerprint density at radius 2 is 1.88 bits per heavy atom. The zero-order valence-corrected chi connectivity index (χ0v) is 9.95. The van der Waals surface area contributed by atoms with Crippen LogP contribution in [0.5, 0.6) is 0 Å². The molecule has 6 nitrogen and oxygen atoms in total. The van der Waals surface area contributed by atoms with E-state index in [0.717, 1.165) is 12.8 Å². The van der Waals surface area contributed by atoms with E-state index in [9.17, 15) is 14.7 Å². The Balaban J connectivity index is 2.20. The van der Waals surface area contributed by atoms with Gasteiger partial charge in [-0.2, -0.15) is 0 Å². The average molecular weight is 243 g/mol. The van der Waals surface area contributed by atoms with Crippen molar-refractivity contribution >= 4 is 11.9 Å². The first-order valence-electron chi connectivity index (χ1n) is 6.04. The third-order valence-corrected chi connectivity index (χ3v) is 3.26. The summed E-state index contributed by atoms with van der Waals surface area (Å²) < 4.78 is 0. The van der Waals surface area contributed by atoms with Gasteiger partial charge >= 0.3 is 6.03 Å². The van der Waals surface area contributed by atoms with Crippen LogP contribution in [0.1, 0.15) is 25.7 Å². The summed E-state index contributed by atoms with van der Waals surface area (Å²) in [6, 6.07) is -0.831. The van der Waals surface area contributed by atoms with Crippen molar-refractivity contribution in [1.82, 2.24) is 10.6 Å². The topological polar surface area (TPSA) is 104 Å². The highest BCUT2D eigenvalue weighted by atomic mass is 16.3. The Morgan fingerprint density at radius 3 is 2.47 bits per heavy atom. The number of nitrogens with one attached hydrogen (secondary N) is 2. The summed E-state index contributed by atoms with van der Waals surface area (Å²) in [6.45, 7) is 0.981. The molecule has 1 fully saturated rings. The molecule has 0 radical (unpaired) electrons. The lowest BCUT2D eigenvalue weighted by Gasteiger charge is -2.30. The molecule has 0 saturated heterocycles. The SMILES string of the molecule is NC(=O)NC(=O)CNCC1CCCCC1CO. The first kappa shape index (κ1) is 13.9. The van der Waals surface area contributed by atoms with Gasteiger partial charge in [0.05, 0.1) is 6.54 Å². The molecule has 0 aliphatic heterocycles. The molecule has 1 aliphatic carbocycles. The van der Waals surface area contributed by atoms with E-state index < -0.39 is 11.9 Å². The van der Waals surface area contributed by atoms with Crippen molar-refractivity contribution in [3.8, 4) is 0 Å². The molecule has 5 N–H and O–H groups in total. The summed E-state index contributed by atoms with van der Waals surface area (Å²) >= 11 is 0. The van der Waals surface area contributed by atoms with Crippen LogP contribution >= 0.6 is 0 Å². The minimum Gasteiger partial charge on any atom is -0.396 e. The number of primary amides is 1. The zero-order chi connectivity index (χ0) is 12.7. The van der Waals surface area contributed by atoms with E-state index in [0.29, 0.717) is 18.4 Å². The van der Waals surface area contributed by atoms with Crippen LogP contribution in [0, 0.1) is 11.8 Å². The largest absolute Gasteiger partial charge is 0.396 e. The minimum absolute atomic E-state index is 0.0809. The molecule has 3 amide bonds. The molecule has 0 aromatic heterocycles. The van der Waals surface area contributed by atoms with Crippen LogP contribution < -0.4 is 16.4 Å². The number of rotatable bonds is 5.